The Morgan fingerprint density at radius 2 is 0.526 bits per heavy atom. The van der Waals surface area contributed by atoms with E-state index in [9.17, 15) is 65.9 Å². The molecule has 0 radical (unpaired) electrons. The molecule has 0 aliphatic carbocycles. The molecule has 0 heterocycles. The fourth-order valence-corrected chi connectivity index (χ4v) is 11.7. The van der Waals surface area contributed by atoms with E-state index in [0.29, 0.717) is 62.2 Å². The molecule has 0 fully saturated rings. The van der Waals surface area contributed by atoms with Gasteiger partial charge in [0.05, 0.1) is 27.8 Å². The summed E-state index contributed by atoms with van der Waals surface area (Å²) in [6, 6.07) is 60.4. The van der Waals surface area contributed by atoms with Crippen LogP contribution in [-0.4, -0.2) is 17.2 Å². The molecule has 0 aliphatic rings. The van der Waals surface area contributed by atoms with Crippen LogP contribution in [0.5, 0.6) is 0 Å². The first-order valence-corrected chi connectivity index (χ1v) is 30.8. The number of rotatable bonds is 9. The maximum atomic E-state index is 13.7. The fraction of sp³-hybridized carbons (Fsp3) is 0.108. The molecule has 0 atom stereocenters. The van der Waals surface area contributed by atoms with Crippen molar-refractivity contribution < 1.29 is 75.9 Å². The van der Waals surface area contributed by atoms with E-state index in [1.54, 1.807) is 54.6 Å². The van der Waals surface area contributed by atoms with Crippen LogP contribution in [-0.2, 0) is 30.9 Å². The average Bonchev–Trinajstić information content (AvgIpc) is 0.794. The van der Waals surface area contributed by atoms with Crippen LogP contribution in [0.15, 0.2) is 244 Å². The average molecular weight is 1510 g/mol. The number of halogens is 18. The van der Waals surface area contributed by atoms with Crippen LogP contribution < -0.4 is 5.46 Å². The van der Waals surface area contributed by atoms with E-state index in [-0.39, 0.29) is 33.8 Å². The molecule has 0 aliphatic heterocycles. The van der Waals surface area contributed by atoms with Crippen molar-refractivity contribution in [3.8, 4) is 89.0 Å². The maximum Gasteiger partial charge on any atom is 0.488 e. The molecule has 95 heavy (non-hydrogen) atoms. The van der Waals surface area contributed by atoms with E-state index >= 15 is 0 Å². The number of benzene rings is 11. The smallest absolute Gasteiger partial charge is 0.423 e. The minimum Gasteiger partial charge on any atom is -0.423 e. The zero-order valence-corrected chi connectivity index (χ0v) is 54.5. The summed E-state index contributed by atoms with van der Waals surface area (Å²) in [6.07, 6.45) is -23.8. The van der Waals surface area contributed by atoms with E-state index in [1.807, 2.05) is 0 Å². The van der Waals surface area contributed by atoms with Gasteiger partial charge in [-0.2, -0.15) is 65.9 Å². The molecule has 11 rings (SSSR count). The van der Waals surface area contributed by atoms with Crippen LogP contribution in [0.2, 0.25) is 0 Å². The van der Waals surface area contributed by atoms with Crippen LogP contribution in [0.1, 0.15) is 44.5 Å². The highest BCUT2D eigenvalue weighted by Gasteiger charge is 2.38. The standard InChI is InChI=1S/C42H26F12.C24H15Br3.C8H8BF3O2/c1-23-11-29(19-35(12-23)40(46,47)48)25-5-3-6-26(14-25)30-16-31(18-33(17-30)38-10-9-34(13-24(38)2)39(43,44)45)27-7-4-8-28(15-27)32-20-36(41(49,50)51)22-37(21-32)42(52,53)54;25-22-7-1-4-16(13-22)19-10-20(17-5-2-8-23(26)14-17)12-21(11-19)18-6-3-9-24(27)15-18;1-5-2-6(8(10,11)12)4-7(3-5)9(13)14/h3-22H,1-2H3;1-15H;2-4,13-14H,1H3. The molecule has 11 aromatic carbocycles. The summed E-state index contributed by atoms with van der Waals surface area (Å²) in [6.45, 7) is 4.48. The van der Waals surface area contributed by atoms with Gasteiger partial charge in [0.1, 0.15) is 0 Å². The zero-order chi connectivity index (χ0) is 69.1. The van der Waals surface area contributed by atoms with Crippen LogP contribution in [0, 0.1) is 20.8 Å². The molecule has 0 unspecified atom stereocenters. The highest BCUT2D eigenvalue weighted by atomic mass is 79.9. The number of alkyl halides is 15. The van der Waals surface area contributed by atoms with Crippen molar-refractivity contribution in [1.29, 1.82) is 0 Å². The zero-order valence-electron chi connectivity index (χ0n) is 49.7. The summed E-state index contributed by atoms with van der Waals surface area (Å²) in [5.74, 6) is 0. The van der Waals surface area contributed by atoms with Gasteiger partial charge >= 0.3 is 38.0 Å². The summed E-state index contributed by atoms with van der Waals surface area (Å²) >= 11 is 10.8. The van der Waals surface area contributed by atoms with Gasteiger partial charge in [0.2, 0.25) is 0 Å². The monoisotopic (exact) mass is 1500 g/mol. The molecule has 0 aromatic heterocycles. The first kappa shape index (κ1) is 71.1. The van der Waals surface area contributed by atoms with Gasteiger partial charge in [-0.1, -0.05) is 150 Å². The molecule has 0 amide bonds. The summed E-state index contributed by atoms with van der Waals surface area (Å²) < 4.78 is 204. The Kier molecular flexibility index (Phi) is 21.4. The quantitative estimate of drug-likeness (QED) is 0.112. The van der Waals surface area contributed by atoms with Crippen molar-refractivity contribution in [2.24, 2.45) is 0 Å². The Hall–Kier alpha value is -8.21. The van der Waals surface area contributed by atoms with E-state index in [4.69, 9.17) is 10.0 Å². The molecule has 0 saturated carbocycles. The summed E-state index contributed by atoms with van der Waals surface area (Å²) in [7, 11) is -1.88. The second-order valence-corrected chi connectivity index (χ2v) is 24.9. The fourth-order valence-electron chi connectivity index (χ4n) is 10.5. The van der Waals surface area contributed by atoms with Gasteiger partial charge in [-0.25, -0.2) is 0 Å². The van der Waals surface area contributed by atoms with Crippen molar-refractivity contribution in [1.82, 2.24) is 0 Å². The first-order valence-electron chi connectivity index (χ1n) is 28.5. The lowest BCUT2D eigenvalue weighted by Gasteiger charge is -2.17. The SMILES string of the molecule is Brc1cccc(-c2cc(-c3cccc(Br)c3)cc(-c3cccc(Br)c3)c2)c1.Cc1cc(-c2cccc(-c3cc(-c4cccc(-c5cc(C(F)(F)F)cc(C(F)(F)F)c5)c4)cc(-c4ccc(C(F)(F)F)cc4C)c3)c2)cc(C(F)(F)F)c1.Cc1cc(B(O)O)cc(C(F)(F)F)c1. The van der Waals surface area contributed by atoms with Gasteiger partial charge in [0.25, 0.3) is 0 Å². The minimum atomic E-state index is -5.07. The molecule has 486 valence electrons. The van der Waals surface area contributed by atoms with Crippen molar-refractivity contribution in [3.05, 3.63) is 288 Å². The lowest BCUT2D eigenvalue weighted by atomic mass is 9.78. The van der Waals surface area contributed by atoms with E-state index in [0.717, 1.165) is 49.8 Å². The summed E-state index contributed by atoms with van der Waals surface area (Å²) in [5, 5.41) is 17.5. The predicted molar refractivity (Wildman–Crippen MR) is 355 cm³/mol. The molecule has 2 N–H and O–H groups in total. The molecule has 2 nitrogen and oxygen atoms in total. The highest BCUT2D eigenvalue weighted by Crippen LogP contribution is 2.43. The van der Waals surface area contributed by atoms with Crippen LogP contribution in [0.4, 0.5) is 65.9 Å². The summed E-state index contributed by atoms with van der Waals surface area (Å²) in [4.78, 5) is 0. The van der Waals surface area contributed by atoms with Crippen LogP contribution >= 0.6 is 47.8 Å². The normalized spacial score (nSPS) is 11.9. The Balaban J connectivity index is 0.000000211. The number of hydrogen-bond donors (Lipinski definition) is 2. The third-order valence-electron chi connectivity index (χ3n) is 15.0. The molecule has 11 aromatic rings. The highest BCUT2D eigenvalue weighted by molar-refractivity contribution is 9.11. The molecule has 0 bridgehead atoms. The van der Waals surface area contributed by atoms with Crippen molar-refractivity contribution in [3.63, 3.8) is 0 Å². The lowest BCUT2D eigenvalue weighted by molar-refractivity contribution is -0.143. The molecule has 21 heteroatoms. The van der Waals surface area contributed by atoms with E-state index < -0.39 is 65.8 Å². The van der Waals surface area contributed by atoms with Gasteiger partial charge in [-0.15, -0.1) is 0 Å². The van der Waals surface area contributed by atoms with Crippen molar-refractivity contribution in [2.45, 2.75) is 51.7 Å². The lowest BCUT2D eigenvalue weighted by Crippen LogP contribution is -2.31. The van der Waals surface area contributed by atoms with Crippen molar-refractivity contribution >= 4 is 60.4 Å². The van der Waals surface area contributed by atoms with Crippen LogP contribution in [0.25, 0.3) is 89.0 Å². The molecule has 0 spiro atoms. The van der Waals surface area contributed by atoms with Gasteiger partial charge < -0.3 is 10.0 Å². The second kappa shape index (κ2) is 28.6. The minimum absolute atomic E-state index is 0.0312. The molecular formula is C74H49BBr3F15O2. The Morgan fingerprint density at radius 3 is 0.853 bits per heavy atom. The van der Waals surface area contributed by atoms with E-state index in [1.165, 1.54) is 84.5 Å². The van der Waals surface area contributed by atoms with Gasteiger partial charge in [0.15, 0.2) is 0 Å². The second-order valence-electron chi connectivity index (χ2n) is 22.2. The maximum absolute atomic E-state index is 13.7. The van der Waals surface area contributed by atoms with Gasteiger partial charge in [-0.05, 0) is 260 Å². The predicted octanol–water partition coefficient (Wildman–Crippen LogP) is 24.4. The third-order valence-corrected chi connectivity index (χ3v) is 16.5. The number of aryl methyl sites for hydroxylation is 3. The Labute approximate surface area is 562 Å². The Morgan fingerprint density at radius 1 is 0.253 bits per heavy atom. The van der Waals surface area contributed by atoms with Crippen LogP contribution in [0.3, 0.4) is 0 Å². The number of hydrogen-bond acceptors (Lipinski definition) is 2. The van der Waals surface area contributed by atoms with Crippen molar-refractivity contribution in [2.75, 3.05) is 0 Å². The summed E-state index contributed by atoms with van der Waals surface area (Å²) in [5.41, 5.74) is 5.41. The first-order chi connectivity index (χ1) is 44.4. The Bertz CT molecular complexity index is 4420. The molecular weight excluding hydrogens is 1460 g/mol. The molecule has 0 saturated heterocycles. The van der Waals surface area contributed by atoms with E-state index in [2.05, 4.69) is 139 Å². The van der Waals surface area contributed by atoms with Gasteiger partial charge in [0, 0.05) is 13.4 Å². The van der Waals surface area contributed by atoms with Gasteiger partial charge in [-0.3, -0.25) is 0 Å². The largest absolute Gasteiger partial charge is 0.488 e. The topological polar surface area (TPSA) is 40.5 Å². The third kappa shape index (κ3) is 18.4.